The Kier molecular flexibility index (Phi) is 8.93. The Labute approximate surface area is 166 Å². The van der Waals surface area contributed by atoms with E-state index in [1.54, 1.807) is 7.05 Å². The van der Waals surface area contributed by atoms with E-state index in [-0.39, 0.29) is 54.3 Å². The van der Waals surface area contributed by atoms with E-state index in [0.717, 1.165) is 0 Å². The lowest BCUT2D eigenvalue weighted by Gasteiger charge is -2.26. The second kappa shape index (κ2) is 9.43. The Bertz CT molecular complexity index is 524. The maximum absolute atomic E-state index is 12.3. The van der Waals surface area contributed by atoms with Crippen molar-refractivity contribution >= 4 is 93.6 Å². The molecule has 6 nitrogen and oxygen atoms in total. The number of halogens is 2. The van der Waals surface area contributed by atoms with E-state index in [9.17, 15) is 19.2 Å². The van der Waals surface area contributed by atoms with E-state index in [2.05, 4.69) is 44.1 Å². The number of hydrogen-bond acceptors (Lipinski definition) is 4. The van der Waals surface area contributed by atoms with Crippen molar-refractivity contribution in [2.24, 2.45) is 0 Å². The molecule has 0 saturated carbocycles. The standard InChI is InChI=1S/C11H18B2I2N2O4P2/c1-6(18)7(22(12)14)3-9(19)16(2)5-17-10(20)4-8(11(17)21)23(13)15/h7-8H,3-5,12-13H2,1-2H3. The minimum Gasteiger partial charge on any atom is -0.327 e. The molecule has 0 bridgehead atoms. The van der Waals surface area contributed by atoms with Crippen LogP contribution in [0.15, 0.2) is 0 Å². The molecule has 0 N–H and O–H groups in total. The van der Waals surface area contributed by atoms with Crippen molar-refractivity contribution in [3.05, 3.63) is 0 Å². The van der Waals surface area contributed by atoms with Gasteiger partial charge in [0.05, 0.1) is 5.66 Å². The van der Waals surface area contributed by atoms with Gasteiger partial charge in [0.15, 0.2) is 0 Å². The van der Waals surface area contributed by atoms with Crippen molar-refractivity contribution in [1.82, 2.24) is 9.80 Å². The van der Waals surface area contributed by atoms with Gasteiger partial charge in [-0.2, -0.15) is 0 Å². The lowest BCUT2D eigenvalue weighted by molar-refractivity contribution is -0.143. The van der Waals surface area contributed by atoms with Gasteiger partial charge in [-0.25, -0.2) is 0 Å². The third-order valence-corrected chi connectivity index (χ3v) is 10.4. The Hall–Kier alpha value is 0.730. The van der Waals surface area contributed by atoms with Crippen molar-refractivity contribution in [2.45, 2.75) is 31.1 Å². The molecule has 4 unspecified atom stereocenters. The molecule has 4 atom stereocenters. The van der Waals surface area contributed by atoms with Crippen LogP contribution in [0.25, 0.3) is 0 Å². The van der Waals surface area contributed by atoms with E-state index < -0.39 is 10.9 Å². The van der Waals surface area contributed by atoms with Crippen molar-refractivity contribution < 1.29 is 19.2 Å². The van der Waals surface area contributed by atoms with Crippen LogP contribution in [0.1, 0.15) is 19.8 Å². The molecule has 23 heavy (non-hydrogen) atoms. The average molecular weight is 580 g/mol. The number of Topliss-reactive ketones (excluding diaryl/α,β-unsaturated/α-hetero) is 1. The fourth-order valence-electron chi connectivity index (χ4n) is 2.22. The van der Waals surface area contributed by atoms with Gasteiger partial charge in [0.1, 0.15) is 27.6 Å². The first-order valence-corrected chi connectivity index (χ1v) is 16.2. The lowest BCUT2D eigenvalue weighted by atomic mass is 10.2. The van der Waals surface area contributed by atoms with Gasteiger partial charge in [-0.05, 0) is 6.92 Å². The topological polar surface area (TPSA) is 74.8 Å². The second-order valence-corrected chi connectivity index (χ2v) is 18.0. The zero-order valence-electron chi connectivity index (χ0n) is 13.5. The second-order valence-electron chi connectivity index (χ2n) is 5.49. The summed E-state index contributed by atoms with van der Waals surface area (Å²) in [6.07, 6.45) is 0.361. The van der Waals surface area contributed by atoms with Crippen LogP contribution in [-0.2, 0) is 19.2 Å². The Morgan fingerprint density at radius 3 is 2.35 bits per heavy atom. The molecule has 1 saturated heterocycles. The van der Waals surface area contributed by atoms with Crippen LogP contribution in [0, 0.1) is 0 Å². The highest BCUT2D eigenvalue weighted by molar-refractivity contribution is 14.2. The maximum atomic E-state index is 12.3. The van der Waals surface area contributed by atoms with E-state index in [0.29, 0.717) is 0 Å². The van der Waals surface area contributed by atoms with Crippen LogP contribution >= 0.6 is 55.0 Å². The molecule has 0 aromatic carbocycles. The van der Waals surface area contributed by atoms with Gasteiger partial charge in [0.2, 0.25) is 17.7 Å². The van der Waals surface area contributed by atoms with Crippen molar-refractivity contribution in [1.29, 1.82) is 0 Å². The lowest BCUT2D eigenvalue weighted by Crippen LogP contribution is -2.43. The minimum absolute atomic E-state index is 0.00434. The van der Waals surface area contributed by atoms with Crippen molar-refractivity contribution in [3.8, 4) is 0 Å². The van der Waals surface area contributed by atoms with Crippen LogP contribution in [0.5, 0.6) is 0 Å². The Balaban J connectivity index is 2.70. The highest BCUT2D eigenvalue weighted by Gasteiger charge is 2.41. The number of carbonyl (C=O) groups excluding carboxylic acids is 4. The summed E-state index contributed by atoms with van der Waals surface area (Å²) in [5.74, 6) is -0.619. The highest BCUT2D eigenvalue weighted by Crippen LogP contribution is 2.49. The van der Waals surface area contributed by atoms with Crippen LogP contribution in [-0.4, -0.2) is 73.5 Å². The predicted octanol–water partition coefficient (Wildman–Crippen LogP) is 0.637. The summed E-state index contributed by atoms with van der Waals surface area (Å²) in [5, 5.41) is 0. The maximum Gasteiger partial charge on any atom is 0.238 e. The largest absolute Gasteiger partial charge is 0.327 e. The number of imide groups is 1. The van der Waals surface area contributed by atoms with Gasteiger partial charge in [-0.1, -0.05) is 55.0 Å². The molecule has 0 aliphatic carbocycles. The number of amides is 3. The number of carbonyl (C=O) groups is 4. The molecule has 1 heterocycles. The van der Waals surface area contributed by atoms with Crippen LogP contribution < -0.4 is 0 Å². The fraction of sp³-hybridized carbons (Fsp3) is 0.636. The zero-order chi connectivity index (χ0) is 17.9. The summed E-state index contributed by atoms with van der Waals surface area (Å²) >= 11 is 4.40. The number of likely N-dealkylation sites (tertiary alicyclic amines) is 1. The first-order valence-electron chi connectivity index (χ1n) is 6.92. The van der Waals surface area contributed by atoms with Gasteiger partial charge in [0.25, 0.3) is 0 Å². The molecule has 1 aliphatic heterocycles. The van der Waals surface area contributed by atoms with Gasteiger partial charge in [0, 0.05) is 25.5 Å². The van der Waals surface area contributed by atoms with E-state index in [1.807, 2.05) is 15.1 Å². The van der Waals surface area contributed by atoms with E-state index in [4.69, 9.17) is 0 Å². The van der Waals surface area contributed by atoms with Gasteiger partial charge >= 0.3 is 0 Å². The SMILES string of the molecule is BP(I)C(CC(=O)N(C)CN1C(=O)CC(P(B)I)C1=O)C(C)=O. The molecular formula is C11H18B2I2N2O4P2. The Morgan fingerprint density at radius 2 is 1.96 bits per heavy atom. The summed E-state index contributed by atoms with van der Waals surface area (Å²) in [6, 6.07) is 0. The molecule has 0 spiro atoms. The molecule has 12 heteroatoms. The Morgan fingerprint density at radius 1 is 1.39 bits per heavy atom. The first-order chi connectivity index (χ1) is 10.6. The average Bonchev–Trinajstić information content (AvgIpc) is 2.71. The predicted molar refractivity (Wildman–Crippen MR) is 116 cm³/mol. The van der Waals surface area contributed by atoms with Crippen molar-refractivity contribution in [2.75, 3.05) is 13.7 Å². The number of nitrogens with zero attached hydrogens (tertiary/aromatic N) is 2. The number of hydrogen-bond donors (Lipinski definition) is 0. The summed E-state index contributed by atoms with van der Waals surface area (Å²) < 4.78 is 0. The smallest absolute Gasteiger partial charge is 0.238 e. The van der Waals surface area contributed by atoms with Crippen LogP contribution in [0.3, 0.4) is 0 Å². The summed E-state index contributed by atoms with van der Waals surface area (Å²) in [6.45, 7) is 1.47. The van der Waals surface area contributed by atoms with E-state index >= 15 is 0 Å². The molecule has 0 aromatic heterocycles. The highest BCUT2D eigenvalue weighted by atomic mass is 127. The summed E-state index contributed by atoms with van der Waals surface area (Å²) in [7, 11) is 5.49. The summed E-state index contributed by atoms with van der Waals surface area (Å²) in [4.78, 5) is 50.8. The molecule has 0 aromatic rings. The fourth-order valence-corrected chi connectivity index (χ4v) is 7.06. The number of ketones is 1. The first kappa shape index (κ1) is 21.8. The van der Waals surface area contributed by atoms with Crippen LogP contribution in [0.4, 0.5) is 0 Å². The molecule has 1 aliphatic rings. The molecule has 126 valence electrons. The van der Waals surface area contributed by atoms with Gasteiger partial charge < -0.3 is 4.90 Å². The van der Waals surface area contributed by atoms with Gasteiger partial charge in [-0.15, -0.1) is 0 Å². The minimum atomic E-state index is -0.582. The molecule has 1 fully saturated rings. The van der Waals surface area contributed by atoms with Crippen molar-refractivity contribution in [3.63, 3.8) is 0 Å². The zero-order valence-corrected chi connectivity index (χ0v) is 19.6. The third kappa shape index (κ3) is 5.89. The normalized spacial score (nSPS) is 21.9. The number of rotatable bonds is 7. The summed E-state index contributed by atoms with van der Waals surface area (Å²) in [5.41, 5.74) is -1.66. The van der Waals surface area contributed by atoms with Crippen LogP contribution in [0.2, 0.25) is 0 Å². The molecular weight excluding hydrogens is 562 g/mol. The molecule has 0 radical (unpaired) electrons. The molecule has 1 rings (SSSR count). The molecule has 3 amide bonds. The monoisotopic (exact) mass is 580 g/mol. The van der Waals surface area contributed by atoms with Gasteiger partial charge in [-0.3, -0.25) is 24.1 Å². The quantitative estimate of drug-likeness (QED) is 0.192. The third-order valence-electron chi connectivity index (χ3n) is 3.70. The van der Waals surface area contributed by atoms with E-state index in [1.165, 1.54) is 16.7 Å².